The van der Waals surface area contributed by atoms with Crippen LogP contribution in [0.5, 0.6) is 0 Å². The van der Waals surface area contributed by atoms with Gasteiger partial charge in [-0.3, -0.25) is 19.1 Å². The predicted molar refractivity (Wildman–Crippen MR) is 137 cm³/mol. The molecule has 176 valence electrons. The second-order valence-corrected chi connectivity index (χ2v) is 10.7. The van der Waals surface area contributed by atoms with Gasteiger partial charge >= 0.3 is 0 Å². The summed E-state index contributed by atoms with van der Waals surface area (Å²) in [6, 6.07) is 2.25. The summed E-state index contributed by atoms with van der Waals surface area (Å²) in [6.07, 6.45) is 7.30. The van der Waals surface area contributed by atoms with Crippen molar-refractivity contribution in [3.05, 3.63) is 31.9 Å². The maximum Gasteiger partial charge on any atom is 0.270 e. The van der Waals surface area contributed by atoms with E-state index in [4.69, 9.17) is 12.2 Å². The van der Waals surface area contributed by atoms with Gasteiger partial charge < -0.3 is 9.80 Å². The van der Waals surface area contributed by atoms with E-state index in [0.29, 0.717) is 14.8 Å². The predicted octanol–water partition coefficient (Wildman–Crippen LogP) is 3.24. The van der Waals surface area contributed by atoms with Gasteiger partial charge in [0.1, 0.15) is 21.8 Å². The standard InChI is InChI=1S/C24H31N5O2S2/c1-4-27-10-12-28(13-11-27)21-18(16(2)19(15-25)22(30)26(21)3)14-20-23(31)29(24(32)33-20)17-8-6-5-7-9-17/h14,17H,4-13H2,1-3H3. The Morgan fingerprint density at radius 3 is 2.42 bits per heavy atom. The first-order chi connectivity index (χ1) is 15.9. The minimum atomic E-state index is -0.296. The molecule has 1 amide bonds. The lowest BCUT2D eigenvalue weighted by Gasteiger charge is -2.37. The van der Waals surface area contributed by atoms with E-state index in [-0.39, 0.29) is 23.1 Å². The molecule has 7 nitrogen and oxygen atoms in total. The number of nitrogens with zero attached hydrogens (tertiary/aromatic N) is 5. The van der Waals surface area contributed by atoms with E-state index < -0.39 is 0 Å². The van der Waals surface area contributed by atoms with Crippen molar-refractivity contribution in [3.8, 4) is 6.07 Å². The van der Waals surface area contributed by atoms with Gasteiger partial charge in [0.2, 0.25) is 0 Å². The number of likely N-dealkylation sites (N-methyl/N-ethyl adjacent to an activating group) is 1. The summed E-state index contributed by atoms with van der Waals surface area (Å²) in [5.41, 5.74) is 1.22. The third kappa shape index (κ3) is 4.48. The van der Waals surface area contributed by atoms with Crippen molar-refractivity contribution in [1.82, 2.24) is 14.4 Å². The summed E-state index contributed by atoms with van der Waals surface area (Å²) in [5.74, 6) is 0.723. The normalized spacial score (nSPS) is 21.8. The Hall–Kier alpha value is -2.15. The van der Waals surface area contributed by atoms with Crippen LogP contribution in [0.25, 0.3) is 6.08 Å². The van der Waals surface area contributed by atoms with Crippen LogP contribution in [0, 0.1) is 18.3 Å². The Bertz CT molecular complexity index is 1090. The zero-order chi connectivity index (χ0) is 23.7. The molecule has 1 saturated carbocycles. The summed E-state index contributed by atoms with van der Waals surface area (Å²) in [6.45, 7) is 8.35. The first-order valence-corrected chi connectivity index (χ1v) is 13.0. The van der Waals surface area contributed by atoms with E-state index in [1.165, 1.54) is 18.2 Å². The van der Waals surface area contributed by atoms with E-state index in [0.717, 1.165) is 69.8 Å². The first kappa shape index (κ1) is 24.0. The molecule has 3 heterocycles. The molecule has 0 spiro atoms. The van der Waals surface area contributed by atoms with Crippen LogP contribution in [0.4, 0.5) is 5.82 Å². The van der Waals surface area contributed by atoms with Gasteiger partial charge in [0.05, 0.1) is 4.91 Å². The highest BCUT2D eigenvalue weighted by atomic mass is 32.2. The average Bonchev–Trinajstić information content (AvgIpc) is 3.11. The van der Waals surface area contributed by atoms with Crippen LogP contribution in [0.3, 0.4) is 0 Å². The van der Waals surface area contributed by atoms with Crippen LogP contribution in [-0.4, -0.2) is 63.4 Å². The van der Waals surface area contributed by atoms with Crippen molar-refractivity contribution in [2.45, 2.75) is 52.0 Å². The zero-order valence-corrected chi connectivity index (χ0v) is 21.2. The highest BCUT2D eigenvalue weighted by molar-refractivity contribution is 8.26. The molecule has 0 N–H and O–H groups in total. The number of carbonyl (C=O) groups excluding carboxylic acids is 1. The fourth-order valence-corrected chi connectivity index (χ4v) is 6.52. The van der Waals surface area contributed by atoms with Crippen molar-refractivity contribution in [2.75, 3.05) is 37.6 Å². The van der Waals surface area contributed by atoms with Crippen molar-refractivity contribution in [3.63, 3.8) is 0 Å². The minimum Gasteiger partial charge on any atom is -0.355 e. The van der Waals surface area contributed by atoms with Gasteiger partial charge in [-0.2, -0.15) is 5.26 Å². The van der Waals surface area contributed by atoms with Gasteiger partial charge in [-0.15, -0.1) is 0 Å². The number of aromatic nitrogens is 1. The number of carbonyl (C=O) groups is 1. The number of hydrogen-bond donors (Lipinski definition) is 0. The van der Waals surface area contributed by atoms with Crippen LogP contribution >= 0.6 is 24.0 Å². The van der Waals surface area contributed by atoms with Crippen LogP contribution in [0.2, 0.25) is 0 Å². The molecule has 2 saturated heterocycles. The molecule has 0 bridgehead atoms. The number of nitriles is 1. The number of hydrogen-bond acceptors (Lipinski definition) is 7. The van der Waals surface area contributed by atoms with Crippen molar-refractivity contribution < 1.29 is 4.79 Å². The Morgan fingerprint density at radius 1 is 1.15 bits per heavy atom. The second kappa shape index (κ2) is 10.00. The number of amides is 1. The number of rotatable bonds is 4. The van der Waals surface area contributed by atoms with Crippen molar-refractivity contribution in [1.29, 1.82) is 5.26 Å². The molecule has 0 aromatic carbocycles. The first-order valence-electron chi connectivity index (χ1n) is 11.7. The summed E-state index contributed by atoms with van der Waals surface area (Å²) in [5, 5.41) is 9.68. The lowest BCUT2D eigenvalue weighted by Crippen LogP contribution is -2.48. The molecule has 2 aliphatic heterocycles. The smallest absolute Gasteiger partial charge is 0.270 e. The Labute approximate surface area is 205 Å². The van der Waals surface area contributed by atoms with Gasteiger partial charge in [-0.25, -0.2) is 0 Å². The fraction of sp³-hybridized carbons (Fsp3) is 0.583. The molecule has 0 radical (unpaired) electrons. The molecule has 0 unspecified atom stereocenters. The quantitative estimate of drug-likeness (QED) is 0.479. The number of thioether (sulfide) groups is 1. The van der Waals surface area contributed by atoms with E-state index in [9.17, 15) is 14.9 Å². The van der Waals surface area contributed by atoms with Gasteiger partial charge in [0.25, 0.3) is 11.5 Å². The zero-order valence-electron chi connectivity index (χ0n) is 19.6. The van der Waals surface area contributed by atoms with Crippen LogP contribution < -0.4 is 10.5 Å². The van der Waals surface area contributed by atoms with Crippen LogP contribution in [-0.2, 0) is 11.8 Å². The lowest BCUT2D eigenvalue weighted by atomic mass is 9.94. The summed E-state index contributed by atoms with van der Waals surface area (Å²) < 4.78 is 2.18. The minimum absolute atomic E-state index is 0.0505. The summed E-state index contributed by atoms with van der Waals surface area (Å²) in [4.78, 5) is 33.3. The Balaban J connectivity index is 1.77. The topological polar surface area (TPSA) is 72.6 Å². The molecule has 3 aliphatic rings. The Morgan fingerprint density at radius 2 is 1.82 bits per heavy atom. The molecule has 33 heavy (non-hydrogen) atoms. The summed E-state index contributed by atoms with van der Waals surface area (Å²) >= 11 is 6.94. The van der Waals surface area contributed by atoms with Crippen molar-refractivity contribution in [2.24, 2.45) is 7.05 Å². The van der Waals surface area contributed by atoms with E-state index in [2.05, 4.69) is 22.8 Å². The maximum atomic E-state index is 13.4. The second-order valence-electron chi connectivity index (χ2n) is 8.98. The molecule has 1 aliphatic carbocycles. The SMILES string of the molecule is CCN1CCN(c2c(C=C3SC(=S)N(C4CCCCC4)C3=O)c(C)c(C#N)c(=O)n2C)CC1. The number of anilines is 1. The molecular weight excluding hydrogens is 454 g/mol. The third-order valence-corrected chi connectivity index (χ3v) is 8.46. The van der Waals surface area contributed by atoms with Crippen LogP contribution in [0.15, 0.2) is 9.70 Å². The molecular formula is C24H31N5O2S2. The molecule has 4 rings (SSSR count). The van der Waals surface area contributed by atoms with E-state index >= 15 is 0 Å². The monoisotopic (exact) mass is 485 g/mol. The van der Waals surface area contributed by atoms with Gasteiger partial charge in [0.15, 0.2) is 0 Å². The molecule has 1 aromatic heterocycles. The van der Waals surface area contributed by atoms with E-state index in [1.54, 1.807) is 23.4 Å². The molecule has 9 heteroatoms. The van der Waals surface area contributed by atoms with Gasteiger partial charge in [-0.1, -0.05) is 50.2 Å². The molecule has 1 aromatic rings. The molecule has 0 atom stereocenters. The number of pyridine rings is 1. The number of piperazine rings is 1. The van der Waals surface area contributed by atoms with Gasteiger partial charge in [0, 0.05) is 44.8 Å². The third-order valence-electron chi connectivity index (χ3n) is 7.13. The fourth-order valence-electron chi connectivity index (χ4n) is 5.14. The van der Waals surface area contributed by atoms with Crippen molar-refractivity contribution >= 4 is 46.1 Å². The van der Waals surface area contributed by atoms with E-state index in [1.807, 2.05) is 6.08 Å². The van der Waals surface area contributed by atoms with Gasteiger partial charge in [-0.05, 0) is 37.9 Å². The molecule has 3 fully saturated rings. The number of thiocarbonyl (C=S) groups is 1. The average molecular weight is 486 g/mol. The largest absolute Gasteiger partial charge is 0.355 e. The lowest BCUT2D eigenvalue weighted by molar-refractivity contribution is -0.124. The maximum absolute atomic E-state index is 13.4. The highest BCUT2D eigenvalue weighted by Crippen LogP contribution is 2.39. The summed E-state index contributed by atoms with van der Waals surface area (Å²) in [7, 11) is 1.72. The highest BCUT2D eigenvalue weighted by Gasteiger charge is 2.38. The van der Waals surface area contributed by atoms with Crippen LogP contribution in [0.1, 0.15) is 55.7 Å². The Kier molecular flexibility index (Phi) is 7.27.